The Labute approximate surface area is 89.3 Å². The zero-order valence-electron chi connectivity index (χ0n) is 8.97. The van der Waals surface area contributed by atoms with Gasteiger partial charge >= 0.3 is 5.97 Å². The first-order chi connectivity index (χ1) is 7.07. The molecule has 15 heavy (non-hydrogen) atoms. The van der Waals surface area contributed by atoms with Gasteiger partial charge in [-0.3, -0.25) is 0 Å². The third-order valence-corrected chi connectivity index (χ3v) is 2.46. The minimum Gasteiger partial charge on any atom is -0.480 e. The Bertz CT molecular complexity index is 352. The molecule has 0 aliphatic heterocycles. The fourth-order valence-corrected chi connectivity index (χ4v) is 1.59. The van der Waals surface area contributed by atoms with Crippen LogP contribution in [0.3, 0.4) is 0 Å². The second-order valence-electron chi connectivity index (χ2n) is 3.43. The van der Waals surface area contributed by atoms with Crippen LogP contribution >= 0.6 is 0 Å². The molecule has 0 bridgehead atoms. The number of carbonyl (C=O) groups is 1. The van der Waals surface area contributed by atoms with Crippen LogP contribution in [-0.4, -0.2) is 24.2 Å². The summed E-state index contributed by atoms with van der Waals surface area (Å²) in [5, 5.41) is 9.01. The van der Waals surface area contributed by atoms with Gasteiger partial charge in [-0.2, -0.15) is 0 Å². The lowest BCUT2D eigenvalue weighted by atomic mass is 10.1. The van der Waals surface area contributed by atoms with Crippen LogP contribution in [0.1, 0.15) is 13.3 Å². The standard InChI is InChI=1S/C11H16N2O2/c1-3-9(11(14)15)13(2)10-7-5-4-6-8(10)12/h4-7,9H,3,12H2,1-2H3,(H,14,15). The van der Waals surface area contributed by atoms with Gasteiger partial charge < -0.3 is 15.7 Å². The lowest BCUT2D eigenvalue weighted by Crippen LogP contribution is -2.38. The van der Waals surface area contributed by atoms with Crippen LogP contribution in [0.25, 0.3) is 0 Å². The summed E-state index contributed by atoms with van der Waals surface area (Å²) in [5.74, 6) is -0.830. The summed E-state index contributed by atoms with van der Waals surface area (Å²) in [6, 6.07) is 6.72. The number of anilines is 2. The summed E-state index contributed by atoms with van der Waals surface area (Å²) in [6.45, 7) is 1.84. The smallest absolute Gasteiger partial charge is 0.326 e. The van der Waals surface area contributed by atoms with Gasteiger partial charge in [-0.1, -0.05) is 19.1 Å². The van der Waals surface area contributed by atoms with E-state index in [1.165, 1.54) is 0 Å². The van der Waals surface area contributed by atoms with E-state index in [0.29, 0.717) is 12.1 Å². The van der Waals surface area contributed by atoms with Crippen molar-refractivity contribution in [2.75, 3.05) is 17.7 Å². The molecule has 0 heterocycles. The Morgan fingerprint density at radius 3 is 2.60 bits per heavy atom. The van der Waals surface area contributed by atoms with E-state index >= 15 is 0 Å². The number of benzene rings is 1. The zero-order chi connectivity index (χ0) is 11.4. The minimum atomic E-state index is -0.830. The molecule has 82 valence electrons. The average molecular weight is 208 g/mol. The van der Waals surface area contributed by atoms with Crippen LogP contribution in [0.15, 0.2) is 24.3 Å². The summed E-state index contributed by atoms with van der Waals surface area (Å²) in [5.41, 5.74) is 7.13. The third kappa shape index (κ3) is 2.40. The molecule has 1 aromatic rings. The number of nitrogens with zero attached hydrogens (tertiary/aromatic N) is 1. The lowest BCUT2D eigenvalue weighted by molar-refractivity contribution is -0.138. The second kappa shape index (κ2) is 4.68. The van der Waals surface area contributed by atoms with Crippen molar-refractivity contribution < 1.29 is 9.90 Å². The van der Waals surface area contributed by atoms with Crippen molar-refractivity contribution in [3.8, 4) is 0 Å². The molecule has 0 radical (unpaired) electrons. The fourth-order valence-electron chi connectivity index (χ4n) is 1.59. The predicted octanol–water partition coefficient (Wildman–Crippen LogP) is 1.57. The minimum absolute atomic E-state index is 0.533. The number of para-hydroxylation sites is 2. The Morgan fingerprint density at radius 1 is 1.53 bits per heavy atom. The molecule has 0 aliphatic rings. The van der Waals surface area contributed by atoms with Crippen molar-refractivity contribution in [1.29, 1.82) is 0 Å². The maximum Gasteiger partial charge on any atom is 0.326 e. The number of nitrogen functional groups attached to an aromatic ring is 1. The Kier molecular flexibility index (Phi) is 3.55. The molecule has 0 saturated carbocycles. The highest BCUT2D eigenvalue weighted by Gasteiger charge is 2.21. The van der Waals surface area contributed by atoms with Crippen LogP contribution in [-0.2, 0) is 4.79 Å². The number of nitrogens with two attached hydrogens (primary N) is 1. The monoisotopic (exact) mass is 208 g/mol. The number of aliphatic carboxylic acids is 1. The molecular weight excluding hydrogens is 192 g/mol. The molecule has 0 aromatic heterocycles. The van der Waals surface area contributed by atoms with Gasteiger partial charge in [-0.05, 0) is 18.6 Å². The first-order valence-corrected chi connectivity index (χ1v) is 4.88. The Balaban J connectivity index is 2.97. The molecule has 3 N–H and O–H groups in total. The third-order valence-electron chi connectivity index (χ3n) is 2.46. The van der Waals surface area contributed by atoms with Gasteiger partial charge in [0.15, 0.2) is 0 Å². The highest BCUT2D eigenvalue weighted by molar-refractivity contribution is 5.80. The van der Waals surface area contributed by atoms with Gasteiger partial charge in [0.1, 0.15) is 6.04 Å². The molecule has 4 nitrogen and oxygen atoms in total. The summed E-state index contributed by atoms with van der Waals surface area (Å²) < 4.78 is 0. The van der Waals surface area contributed by atoms with E-state index in [0.717, 1.165) is 5.69 Å². The highest BCUT2D eigenvalue weighted by Crippen LogP contribution is 2.23. The van der Waals surface area contributed by atoms with Gasteiger partial charge in [0, 0.05) is 7.05 Å². The van der Waals surface area contributed by atoms with Gasteiger partial charge in [-0.25, -0.2) is 4.79 Å². The topological polar surface area (TPSA) is 66.6 Å². The molecule has 1 rings (SSSR count). The summed E-state index contributed by atoms with van der Waals surface area (Å²) in [4.78, 5) is 12.7. The molecule has 0 spiro atoms. The molecule has 0 saturated heterocycles. The van der Waals surface area contributed by atoms with Gasteiger partial charge in [0.2, 0.25) is 0 Å². The average Bonchev–Trinajstić information content (AvgIpc) is 2.18. The molecule has 1 aromatic carbocycles. The first kappa shape index (κ1) is 11.4. The van der Waals surface area contributed by atoms with Crippen molar-refractivity contribution in [3.63, 3.8) is 0 Å². The van der Waals surface area contributed by atoms with E-state index in [2.05, 4.69) is 0 Å². The Hall–Kier alpha value is -1.71. The quantitative estimate of drug-likeness (QED) is 0.737. The maximum atomic E-state index is 11.0. The number of hydrogen-bond donors (Lipinski definition) is 2. The summed E-state index contributed by atoms with van der Waals surface area (Å²) in [7, 11) is 1.74. The molecule has 0 amide bonds. The van der Waals surface area contributed by atoms with Crippen molar-refractivity contribution in [1.82, 2.24) is 0 Å². The van der Waals surface area contributed by atoms with Crippen LogP contribution in [0.5, 0.6) is 0 Å². The first-order valence-electron chi connectivity index (χ1n) is 4.88. The van der Waals surface area contributed by atoms with Crippen LogP contribution in [0.2, 0.25) is 0 Å². The number of hydrogen-bond acceptors (Lipinski definition) is 3. The van der Waals surface area contributed by atoms with Gasteiger partial charge in [-0.15, -0.1) is 0 Å². The normalized spacial score (nSPS) is 12.1. The number of carboxylic acid groups (broad SMARTS) is 1. The number of rotatable bonds is 4. The van der Waals surface area contributed by atoms with Gasteiger partial charge in [0.25, 0.3) is 0 Å². The van der Waals surface area contributed by atoms with Crippen molar-refractivity contribution in [2.45, 2.75) is 19.4 Å². The summed E-state index contributed by atoms with van der Waals surface area (Å²) >= 11 is 0. The lowest BCUT2D eigenvalue weighted by Gasteiger charge is -2.26. The second-order valence-corrected chi connectivity index (χ2v) is 3.43. The number of likely N-dealkylation sites (N-methyl/N-ethyl adjacent to an activating group) is 1. The van der Waals surface area contributed by atoms with Crippen LogP contribution in [0.4, 0.5) is 11.4 Å². The SMILES string of the molecule is CCC(C(=O)O)N(C)c1ccccc1N. The largest absolute Gasteiger partial charge is 0.480 e. The van der Waals surface area contributed by atoms with E-state index in [1.54, 1.807) is 18.0 Å². The Morgan fingerprint density at radius 2 is 2.13 bits per heavy atom. The molecule has 0 fully saturated rings. The highest BCUT2D eigenvalue weighted by atomic mass is 16.4. The molecule has 1 unspecified atom stereocenters. The molecular formula is C11H16N2O2. The van der Waals surface area contributed by atoms with E-state index in [4.69, 9.17) is 10.8 Å². The summed E-state index contributed by atoms with van der Waals surface area (Å²) in [6.07, 6.45) is 0.542. The molecule has 1 atom stereocenters. The van der Waals surface area contributed by atoms with Gasteiger partial charge in [0.05, 0.1) is 11.4 Å². The van der Waals surface area contributed by atoms with Crippen molar-refractivity contribution >= 4 is 17.3 Å². The van der Waals surface area contributed by atoms with E-state index in [9.17, 15) is 4.79 Å². The van der Waals surface area contributed by atoms with Crippen LogP contribution in [0, 0.1) is 0 Å². The van der Waals surface area contributed by atoms with Crippen LogP contribution < -0.4 is 10.6 Å². The molecule has 4 heteroatoms. The van der Waals surface area contributed by atoms with Crippen molar-refractivity contribution in [3.05, 3.63) is 24.3 Å². The zero-order valence-corrected chi connectivity index (χ0v) is 8.97. The maximum absolute atomic E-state index is 11.0. The van der Waals surface area contributed by atoms with Crippen molar-refractivity contribution in [2.24, 2.45) is 0 Å². The molecule has 0 aliphatic carbocycles. The number of carboxylic acids is 1. The predicted molar refractivity (Wildman–Crippen MR) is 61.0 cm³/mol. The van der Waals surface area contributed by atoms with E-state index in [-0.39, 0.29) is 0 Å². The van der Waals surface area contributed by atoms with E-state index in [1.807, 2.05) is 25.1 Å². The van der Waals surface area contributed by atoms with E-state index < -0.39 is 12.0 Å². The fraction of sp³-hybridized carbons (Fsp3) is 0.364.